The van der Waals surface area contributed by atoms with Crippen molar-refractivity contribution in [1.29, 1.82) is 0 Å². The van der Waals surface area contributed by atoms with Gasteiger partial charge in [-0.3, -0.25) is 0 Å². The van der Waals surface area contributed by atoms with Crippen LogP contribution in [0, 0.1) is 27.7 Å². The fraction of sp³-hybridized carbons (Fsp3) is 0.250. The van der Waals surface area contributed by atoms with Crippen LogP contribution in [0.5, 0.6) is 0 Å². The highest BCUT2D eigenvalue weighted by molar-refractivity contribution is 5.94. The summed E-state index contributed by atoms with van der Waals surface area (Å²) < 4.78 is 0. The van der Waals surface area contributed by atoms with Gasteiger partial charge in [-0.1, -0.05) is 152 Å². The molecule has 0 N–H and O–H groups in total. The Morgan fingerprint density at radius 1 is 0.219 bits per heavy atom. The molecule has 0 saturated heterocycles. The summed E-state index contributed by atoms with van der Waals surface area (Å²) in [4.78, 5) is 0. The van der Waals surface area contributed by atoms with Gasteiger partial charge in [0, 0.05) is 21.7 Å². The number of hydrogen-bond acceptors (Lipinski definition) is 0. The van der Waals surface area contributed by atoms with Crippen molar-refractivity contribution in [2.75, 3.05) is 0 Å². The molecule has 64 heavy (non-hydrogen) atoms. The van der Waals surface area contributed by atoms with E-state index in [1.54, 1.807) is 0 Å². The minimum atomic E-state index is -0.0941. The third-order valence-corrected chi connectivity index (χ3v) is 16.8. The quantitative estimate of drug-likeness (QED) is 0.166. The van der Waals surface area contributed by atoms with E-state index in [9.17, 15) is 0 Å². The van der Waals surface area contributed by atoms with E-state index in [1.165, 1.54) is 145 Å². The van der Waals surface area contributed by atoms with Gasteiger partial charge in [-0.2, -0.15) is 0 Å². The summed E-state index contributed by atoms with van der Waals surface area (Å²) >= 11 is 0. The van der Waals surface area contributed by atoms with Crippen LogP contribution in [0.1, 0.15) is 122 Å². The van der Waals surface area contributed by atoms with Crippen LogP contribution in [0.4, 0.5) is 0 Å². The maximum atomic E-state index is 2.54. The molecule has 0 nitrogen and oxygen atoms in total. The number of fused-ring (bicyclic) bond motifs is 12. The highest BCUT2D eigenvalue weighted by Gasteiger charge is 2.41. The van der Waals surface area contributed by atoms with Gasteiger partial charge in [0.15, 0.2) is 0 Å². The van der Waals surface area contributed by atoms with Gasteiger partial charge in [0.1, 0.15) is 0 Å². The molecule has 0 aliphatic heterocycles. The van der Waals surface area contributed by atoms with Gasteiger partial charge in [-0.25, -0.2) is 0 Å². The van der Waals surface area contributed by atoms with Crippen LogP contribution in [-0.4, -0.2) is 0 Å². The molecule has 0 aromatic heterocycles. The average molecular weight is 827 g/mol. The molecule has 0 amide bonds. The van der Waals surface area contributed by atoms with Crippen LogP contribution in [0.3, 0.4) is 0 Å². The van der Waals surface area contributed by atoms with Crippen LogP contribution in [-0.2, 0) is 21.7 Å². The second kappa shape index (κ2) is 12.7. The Morgan fingerprint density at radius 2 is 0.516 bits per heavy atom. The SMILES string of the molecule is Cc1cc2c(cc1-c1ccc3c(c1)-c1cc(-c4cc5c(cc4C)C(C)(C)c4ccc(-c6cc7c(cc6C)-c6ccccc6C7(C)C)cc4-5)c(C)cc1C3(C)C)C(C)(C)c1ccccc1-2. The van der Waals surface area contributed by atoms with Crippen molar-refractivity contribution in [3.05, 3.63) is 200 Å². The Hall–Kier alpha value is -6.24. The first-order chi connectivity index (χ1) is 30.4. The van der Waals surface area contributed by atoms with E-state index in [0.717, 1.165) is 0 Å². The number of hydrogen-bond donors (Lipinski definition) is 0. The van der Waals surface area contributed by atoms with E-state index in [4.69, 9.17) is 0 Å². The van der Waals surface area contributed by atoms with Crippen LogP contribution in [0.2, 0.25) is 0 Å². The summed E-state index contributed by atoms with van der Waals surface area (Å²) in [5, 5.41) is 0. The molecule has 12 rings (SSSR count). The van der Waals surface area contributed by atoms with E-state index in [2.05, 4.69) is 217 Å². The van der Waals surface area contributed by atoms with Crippen LogP contribution in [0.25, 0.3) is 77.9 Å². The van der Waals surface area contributed by atoms with Crippen LogP contribution < -0.4 is 0 Å². The molecule has 0 radical (unpaired) electrons. The molecule has 0 heterocycles. The number of rotatable bonds is 3. The van der Waals surface area contributed by atoms with Gasteiger partial charge < -0.3 is 0 Å². The van der Waals surface area contributed by atoms with Crippen molar-refractivity contribution in [2.24, 2.45) is 0 Å². The molecule has 314 valence electrons. The van der Waals surface area contributed by atoms with Gasteiger partial charge in [0.05, 0.1) is 0 Å². The molecule has 0 heteroatoms. The smallest absolute Gasteiger partial charge is 0.0159 e. The van der Waals surface area contributed by atoms with Crippen molar-refractivity contribution in [1.82, 2.24) is 0 Å². The molecule has 4 aliphatic rings. The van der Waals surface area contributed by atoms with E-state index >= 15 is 0 Å². The van der Waals surface area contributed by atoms with Gasteiger partial charge in [-0.05, 0) is 209 Å². The molecule has 0 bridgehead atoms. The van der Waals surface area contributed by atoms with Crippen LogP contribution in [0.15, 0.2) is 133 Å². The third kappa shape index (κ3) is 5.06. The topological polar surface area (TPSA) is 0 Å². The zero-order valence-corrected chi connectivity index (χ0v) is 39.7. The molecular weight excluding hydrogens is 769 g/mol. The minimum Gasteiger partial charge on any atom is -0.0619 e. The first-order valence-electron chi connectivity index (χ1n) is 23.5. The van der Waals surface area contributed by atoms with Crippen LogP contribution >= 0.6 is 0 Å². The monoisotopic (exact) mass is 826 g/mol. The Kier molecular flexibility index (Phi) is 7.83. The molecule has 0 unspecified atom stereocenters. The zero-order valence-electron chi connectivity index (χ0n) is 39.7. The molecule has 0 fully saturated rings. The highest BCUT2D eigenvalue weighted by atomic mass is 14.4. The van der Waals surface area contributed by atoms with Gasteiger partial charge >= 0.3 is 0 Å². The molecule has 0 atom stereocenters. The largest absolute Gasteiger partial charge is 0.0619 e. The standard InChI is InChI=1S/C64H58/c1-35-25-47-41-17-13-15-19-53(41)61(5,6)59(47)33-43(35)39-21-23-55-49(29-39)51-31-45(37(3)27-57(51)63(55,9)10)46-32-52-50-30-40(22-24-56(50)64(11,12)58(52)28-38(46)4)44-34-60-48(26-36(44)2)42-18-14-16-20-54(42)62(60,7)8/h13-34H,1-12H3. The Morgan fingerprint density at radius 3 is 0.906 bits per heavy atom. The first-order valence-corrected chi connectivity index (χ1v) is 23.5. The van der Waals surface area contributed by atoms with E-state index < -0.39 is 0 Å². The summed E-state index contributed by atoms with van der Waals surface area (Å²) in [7, 11) is 0. The fourth-order valence-corrected chi connectivity index (χ4v) is 13.1. The summed E-state index contributed by atoms with van der Waals surface area (Å²) in [6.45, 7) is 28.4. The predicted octanol–water partition coefficient (Wildman–Crippen LogP) is 17.1. The van der Waals surface area contributed by atoms with Crippen molar-refractivity contribution >= 4 is 0 Å². The van der Waals surface area contributed by atoms with Crippen molar-refractivity contribution < 1.29 is 0 Å². The van der Waals surface area contributed by atoms with Gasteiger partial charge in [0.2, 0.25) is 0 Å². The summed E-state index contributed by atoms with van der Waals surface area (Å²) in [5.41, 5.74) is 35.4. The van der Waals surface area contributed by atoms with Gasteiger partial charge in [-0.15, -0.1) is 0 Å². The molecule has 4 aliphatic carbocycles. The highest BCUT2D eigenvalue weighted by Crippen LogP contribution is 2.57. The molecule has 0 spiro atoms. The molecular formula is C64H58. The average Bonchev–Trinajstić information content (AvgIpc) is 3.81. The lowest BCUT2D eigenvalue weighted by Crippen LogP contribution is -2.15. The van der Waals surface area contributed by atoms with E-state index in [1.807, 2.05) is 0 Å². The first kappa shape index (κ1) is 39.4. The Labute approximate surface area is 381 Å². The maximum absolute atomic E-state index is 2.54. The maximum Gasteiger partial charge on any atom is 0.0159 e. The van der Waals surface area contributed by atoms with Crippen molar-refractivity contribution in [2.45, 2.75) is 105 Å². The zero-order chi connectivity index (χ0) is 44.6. The second-order valence-electron chi connectivity index (χ2n) is 22.0. The molecule has 8 aromatic rings. The Balaban J connectivity index is 0.971. The van der Waals surface area contributed by atoms with Gasteiger partial charge in [0.25, 0.3) is 0 Å². The number of aryl methyl sites for hydroxylation is 4. The lowest BCUT2D eigenvalue weighted by molar-refractivity contribution is 0.659. The minimum absolute atomic E-state index is 0.0396. The predicted molar refractivity (Wildman–Crippen MR) is 272 cm³/mol. The Bertz CT molecular complexity index is 3180. The lowest BCUT2D eigenvalue weighted by atomic mass is 9.79. The van der Waals surface area contributed by atoms with Crippen molar-refractivity contribution in [3.8, 4) is 77.9 Å². The third-order valence-electron chi connectivity index (χ3n) is 16.8. The molecule has 0 saturated carbocycles. The normalized spacial score (nSPS) is 16.6. The summed E-state index contributed by atoms with van der Waals surface area (Å²) in [6.07, 6.45) is 0. The second-order valence-corrected chi connectivity index (χ2v) is 22.0. The van der Waals surface area contributed by atoms with E-state index in [-0.39, 0.29) is 21.7 Å². The number of benzene rings is 8. The molecule has 8 aromatic carbocycles. The lowest BCUT2D eigenvalue weighted by Gasteiger charge is -2.24. The van der Waals surface area contributed by atoms with E-state index in [0.29, 0.717) is 0 Å². The fourth-order valence-electron chi connectivity index (χ4n) is 13.1. The summed E-state index contributed by atoms with van der Waals surface area (Å²) in [5.74, 6) is 0. The van der Waals surface area contributed by atoms with Crippen molar-refractivity contribution in [3.63, 3.8) is 0 Å². The summed E-state index contributed by atoms with van der Waals surface area (Å²) in [6, 6.07) is 52.5.